The maximum atomic E-state index is 11.8. The molecular weight excluding hydrogens is 308 g/mol. The quantitative estimate of drug-likeness (QED) is 0.772. The van der Waals surface area contributed by atoms with Crippen LogP contribution in [0.5, 0.6) is 0 Å². The third kappa shape index (κ3) is 5.04. The Morgan fingerprint density at radius 3 is 2.50 bits per heavy atom. The molecule has 1 atom stereocenters. The average Bonchev–Trinajstić information content (AvgIpc) is 3.29. The molecule has 22 heavy (non-hydrogen) atoms. The van der Waals surface area contributed by atoms with E-state index in [1.807, 2.05) is 0 Å². The molecule has 118 valence electrons. The van der Waals surface area contributed by atoms with Crippen molar-refractivity contribution in [1.82, 2.24) is 10.6 Å². The Morgan fingerprint density at radius 2 is 1.91 bits per heavy atom. The van der Waals surface area contributed by atoms with Crippen LogP contribution in [-0.4, -0.2) is 36.5 Å². The molecule has 1 aromatic carbocycles. The monoisotopic (exact) mass is 324 g/mol. The lowest BCUT2D eigenvalue weighted by atomic mass is 10.2. The van der Waals surface area contributed by atoms with Crippen LogP contribution < -0.4 is 10.6 Å². The second-order valence-electron chi connectivity index (χ2n) is 5.10. The predicted molar refractivity (Wildman–Crippen MR) is 80.5 cm³/mol. The van der Waals surface area contributed by atoms with Crippen molar-refractivity contribution in [2.75, 3.05) is 6.54 Å². The molecule has 0 saturated heterocycles. The summed E-state index contributed by atoms with van der Waals surface area (Å²) in [5, 5.41) is 5.69. The third-order valence-corrected chi connectivity index (χ3v) is 3.35. The fourth-order valence-electron chi connectivity index (χ4n) is 1.69. The van der Waals surface area contributed by atoms with Gasteiger partial charge in [-0.05, 0) is 44.0 Å². The van der Waals surface area contributed by atoms with Crippen molar-refractivity contribution in [2.24, 2.45) is 0 Å². The molecule has 0 aliphatic heterocycles. The molecule has 2 amide bonds. The van der Waals surface area contributed by atoms with Crippen LogP contribution in [0.15, 0.2) is 24.3 Å². The van der Waals surface area contributed by atoms with Crippen molar-refractivity contribution in [3.8, 4) is 0 Å². The van der Waals surface area contributed by atoms with Crippen LogP contribution >= 0.6 is 11.6 Å². The molecule has 2 rings (SSSR count). The van der Waals surface area contributed by atoms with Gasteiger partial charge in [0.2, 0.25) is 0 Å². The van der Waals surface area contributed by atoms with E-state index in [2.05, 4.69) is 10.6 Å². The highest BCUT2D eigenvalue weighted by Crippen LogP contribution is 2.18. The molecule has 1 fully saturated rings. The maximum Gasteiger partial charge on any atom is 0.326 e. The van der Waals surface area contributed by atoms with E-state index in [4.69, 9.17) is 16.3 Å². The minimum atomic E-state index is -0.875. The Labute approximate surface area is 133 Å². The van der Waals surface area contributed by atoms with Crippen molar-refractivity contribution >= 4 is 29.4 Å². The SMILES string of the molecule is C[C@@H](OC(=O)CNC(=O)c1ccc(Cl)cc1)C(=O)NC1CC1. The van der Waals surface area contributed by atoms with Crippen LogP contribution in [-0.2, 0) is 14.3 Å². The Bertz CT molecular complexity index is 569. The molecule has 0 heterocycles. The molecule has 6 nitrogen and oxygen atoms in total. The summed E-state index contributed by atoms with van der Waals surface area (Å²) < 4.78 is 4.96. The number of nitrogens with one attached hydrogen (secondary N) is 2. The number of benzene rings is 1. The van der Waals surface area contributed by atoms with Gasteiger partial charge in [0.25, 0.3) is 11.8 Å². The molecule has 0 unspecified atom stereocenters. The van der Waals surface area contributed by atoms with E-state index < -0.39 is 18.0 Å². The first-order valence-electron chi connectivity index (χ1n) is 6.99. The lowest BCUT2D eigenvalue weighted by Gasteiger charge is -2.13. The van der Waals surface area contributed by atoms with E-state index in [1.165, 1.54) is 6.92 Å². The van der Waals surface area contributed by atoms with Gasteiger partial charge in [-0.2, -0.15) is 0 Å². The van der Waals surface area contributed by atoms with Crippen molar-refractivity contribution in [2.45, 2.75) is 31.9 Å². The molecule has 0 spiro atoms. The van der Waals surface area contributed by atoms with Crippen molar-refractivity contribution in [1.29, 1.82) is 0 Å². The minimum absolute atomic E-state index is 0.207. The van der Waals surface area contributed by atoms with Gasteiger partial charge in [0, 0.05) is 16.6 Å². The first-order valence-corrected chi connectivity index (χ1v) is 7.37. The average molecular weight is 325 g/mol. The van der Waals surface area contributed by atoms with Crippen LogP contribution in [0.2, 0.25) is 5.02 Å². The summed E-state index contributed by atoms with van der Waals surface area (Å²) in [6, 6.07) is 6.47. The van der Waals surface area contributed by atoms with Gasteiger partial charge >= 0.3 is 5.97 Å². The highest BCUT2D eigenvalue weighted by molar-refractivity contribution is 6.30. The minimum Gasteiger partial charge on any atom is -0.451 e. The number of ether oxygens (including phenoxy) is 1. The van der Waals surface area contributed by atoms with Gasteiger partial charge < -0.3 is 15.4 Å². The van der Waals surface area contributed by atoms with Gasteiger partial charge in [0.15, 0.2) is 6.10 Å². The van der Waals surface area contributed by atoms with Gasteiger partial charge in [-0.25, -0.2) is 0 Å². The second-order valence-corrected chi connectivity index (χ2v) is 5.54. The standard InChI is InChI=1S/C15H17ClN2O4/c1-9(14(20)18-12-6-7-12)22-13(19)8-17-15(21)10-2-4-11(16)5-3-10/h2-5,9,12H,6-8H2,1H3,(H,17,21)(H,18,20)/t9-/m1/s1. The van der Waals surface area contributed by atoms with E-state index in [9.17, 15) is 14.4 Å². The van der Waals surface area contributed by atoms with Gasteiger partial charge in [0.05, 0.1) is 0 Å². The van der Waals surface area contributed by atoms with Crippen LogP contribution in [0, 0.1) is 0 Å². The largest absolute Gasteiger partial charge is 0.451 e. The molecule has 0 radical (unpaired) electrons. The zero-order chi connectivity index (χ0) is 16.1. The van der Waals surface area contributed by atoms with Gasteiger partial charge in [-0.1, -0.05) is 11.6 Å². The first kappa shape index (κ1) is 16.3. The first-order chi connectivity index (χ1) is 10.5. The summed E-state index contributed by atoms with van der Waals surface area (Å²) in [7, 11) is 0. The molecule has 0 aromatic heterocycles. The van der Waals surface area contributed by atoms with Gasteiger partial charge in [-0.3, -0.25) is 14.4 Å². The Kier molecular flexibility index (Phi) is 5.38. The summed E-state index contributed by atoms with van der Waals surface area (Å²) in [4.78, 5) is 35.0. The van der Waals surface area contributed by atoms with Crippen molar-refractivity contribution in [3.05, 3.63) is 34.9 Å². The van der Waals surface area contributed by atoms with E-state index in [0.717, 1.165) is 12.8 Å². The van der Waals surface area contributed by atoms with E-state index in [-0.39, 0.29) is 18.5 Å². The van der Waals surface area contributed by atoms with Gasteiger partial charge in [0.1, 0.15) is 6.54 Å². The molecular formula is C15H17ClN2O4. The highest BCUT2D eigenvalue weighted by Gasteiger charge is 2.27. The zero-order valence-corrected chi connectivity index (χ0v) is 12.9. The van der Waals surface area contributed by atoms with E-state index in [1.54, 1.807) is 24.3 Å². The zero-order valence-electron chi connectivity index (χ0n) is 12.1. The molecule has 1 aliphatic carbocycles. The maximum absolute atomic E-state index is 11.8. The van der Waals surface area contributed by atoms with Crippen LogP contribution in [0.1, 0.15) is 30.1 Å². The molecule has 1 saturated carbocycles. The lowest BCUT2D eigenvalue weighted by molar-refractivity contribution is -0.153. The van der Waals surface area contributed by atoms with Crippen LogP contribution in [0.4, 0.5) is 0 Å². The normalized spacial score (nSPS) is 14.8. The number of carbonyl (C=O) groups excluding carboxylic acids is 3. The number of hydrogen-bond donors (Lipinski definition) is 2. The highest BCUT2D eigenvalue weighted by atomic mass is 35.5. The second kappa shape index (κ2) is 7.26. The van der Waals surface area contributed by atoms with Crippen LogP contribution in [0.3, 0.4) is 0 Å². The van der Waals surface area contributed by atoms with E-state index >= 15 is 0 Å². The molecule has 2 N–H and O–H groups in total. The van der Waals surface area contributed by atoms with Crippen LogP contribution in [0.25, 0.3) is 0 Å². The fourth-order valence-corrected chi connectivity index (χ4v) is 1.82. The topological polar surface area (TPSA) is 84.5 Å². The van der Waals surface area contributed by atoms with Gasteiger partial charge in [-0.15, -0.1) is 0 Å². The van der Waals surface area contributed by atoms with E-state index in [0.29, 0.717) is 10.6 Å². The third-order valence-electron chi connectivity index (χ3n) is 3.10. The number of rotatable bonds is 6. The smallest absolute Gasteiger partial charge is 0.326 e. The molecule has 7 heteroatoms. The molecule has 1 aliphatic rings. The Balaban J connectivity index is 1.73. The summed E-state index contributed by atoms with van der Waals surface area (Å²) in [6.07, 6.45) is 1.05. The predicted octanol–water partition coefficient (Wildman–Crippen LogP) is 1.28. The molecule has 1 aromatic rings. The Morgan fingerprint density at radius 1 is 1.27 bits per heavy atom. The number of amides is 2. The summed E-state index contributed by atoms with van der Waals surface area (Å²) in [5.74, 6) is -1.40. The van der Waals surface area contributed by atoms with Crippen molar-refractivity contribution < 1.29 is 19.1 Å². The fraction of sp³-hybridized carbons (Fsp3) is 0.400. The summed E-state index contributed by atoms with van der Waals surface area (Å²) in [6.45, 7) is 1.19. The number of hydrogen-bond acceptors (Lipinski definition) is 4. The number of esters is 1. The number of carbonyl (C=O) groups is 3. The van der Waals surface area contributed by atoms with Crippen molar-refractivity contribution in [3.63, 3.8) is 0 Å². The summed E-state index contributed by atoms with van der Waals surface area (Å²) >= 11 is 5.73. The lowest BCUT2D eigenvalue weighted by Crippen LogP contribution is -2.39. The molecule has 0 bridgehead atoms. The number of halogens is 1. The summed E-state index contributed by atoms with van der Waals surface area (Å²) in [5.41, 5.74) is 0.386. The Hall–Kier alpha value is -2.08.